The molecule has 2 aromatic rings. The Bertz CT molecular complexity index is 673. The molecule has 0 bridgehead atoms. The minimum absolute atomic E-state index is 0.0382. The number of non-ortho nitro benzene ring substituents is 1. The van der Waals surface area contributed by atoms with Crippen LogP contribution in [0.4, 0.5) is 5.69 Å². The second kappa shape index (κ2) is 6.45. The first-order chi connectivity index (χ1) is 10.7. The van der Waals surface area contributed by atoms with Crippen molar-refractivity contribution >= 4 is 5.69 Å². The average Bonchev–Trinajstić information content (AvgIpc) is 2.94. The molecule has 1 aromatic heterocycles. The summed E-state index contributed by atoms with van der Waals surface area (Å²) in [5.74, 6) is 0.962. The third kappa shape index (κ3) is 4.13. The SMILES string of the molecule is C[C@@H](N(C)Cc1nc(-c2ccc([N+](=O)[O-])cc2)no1)C(C)(C)C. The molecule has 0 aliphatic heterocycles. The topological polar surface area (TPSA) is 85.3 Å². The van der Waals surface area contributed by atoms with Crippen LogP contribution in [-0.4, -0.2) is 33.1 Å². The van der Waals surface area contributed by atoms with Crippen molar-refractivity contribution < 1.29 is 9.45 Å². The maximum atomic E-state index is 10.7. The first-order valence-electron chi connectivity index (χ1n) is 7.46. The van der Waals surface area contributed by atoms with Crippen LogP contribution in [0.5, 0.6) is 0 Å². The maximum absolute atomic E-state index is 10.7. The average molecular weight is 318 g/mol. The number of hydrogen-bond acceptors (Lipinski definition) is 6. The van der Waals surface area contributed by atoms with Gasteiger partial charge < -0.3 is 4.52 Å². The van der Waals surface area contributed by atoms with Crippen molar-refractivity contribution in [3.05, 3.63) is 40.3 Å². The van der Waals surface area contributed by atoms with Gasteiger partial charge in [0.2, 0.25) is 11.7 Å². The van der Waals surface area contributed by atoms with Gasteiger partial charge in [-0.2, -0.15) is 4.98 Å². The molecule has 1 atom stereocenters. The lowest BCUT2D eigenvalue weighted by atomic mass is 9.87. The molecule has 0 unspecified atom stereocenters. The number of aromatic nitrogens is 2. The highest BCUT2D eigenvalue weighted by Crippen LogP contribution is 2.25. The molecule has 124 valence electrons. The minimum atomic E-state index is -0.436. The molecule has 23 heavy (non-hydrogen) atoms. The summed E-state index contributed by atoms with van der Waals surface area (Å²) in [5.41, 5.74) is 0.879. The van der Waals surface area contributed by atoms with E-state index in [1.165, 1.54) is 12.1 Å². The Hall–Kier alpha value is -2.28. The van der Waals surface area contributed by atoms with Crippen LogP contribution in [-0.2, 0) is 6.54 Å². The summed E-state index contributed by atoms with van der Waals surface area (Å²) in [7, 11) is 2.02. The molecule has 7 heteroatoms. The zero-order valence-electron chi connectivity index (χ0n) is 14.1. The molecule has 1 heterocycles. The van der Waals surface area contributed by atoms with E-state index in [1.807, 2.05) is 7.05 Å². The molecule has 0 fully saturated rings. The normalized spacial score (nSPS) is 13.3. The molecule has 0 aliphatic rings. The van der Waals surface area contributed by atoms with E-state index in [-0.39, 0.29) is 11.1 Å². The fourth-order valence-electron chi connectivity index (χ4n) is 2.18. The largest absolute Gasteiger partial charge is 0.338 e. The number of benzene rings is 1. The molecule has 0 aliphatic carbocycles. The van der Waals surface area contributed by atoms with E-state index in [2.05, 4.69) is 42.7 Å². The van der Waals surface area contributed by atoms with Crippen LogP contribution < -0.4 is 0 Å². The van der Waals surface area contributed by atoms with E-state index < -0.39 is 4.92 Å². The summed E-state index contributed by atoms with van der Waals surface area (Å²) in [5, 5.41) is 14.6. The van der Waals surface area contributed by atoms with Gasteiger partial charge in [-0.3, -0.25) is 15.0 Å². The zero-order valence-corrected chi connectivity index (χ0v) is 14.1. The van der Waals surface area contributed by atoms with Crippen LogP contribution in [0.25, 0.3) is 11.4 Å². The lowest BCUT2D eigenvalue weighted by Crippen LogP contribution is -2.38. The van der Waals surface area contributed by atoms with Crippen molar-refractivity contribution in [2.75, 3.05) is 7.05 Å². The first kappa shape index (κ1) is 17.1. The Morgan fingerprint density at radius 2 is 1.91 bits per heavy atom. The van der Waals surface area contributed by atoms with Crippen LogP contribution in [0.3, 0.4) is 0 Å². The standard InChI is InChI=1S/C16H22N4O3/c1-11(16(2,3)4)19(5)10-14-17-15(18-23-14)12-6-8-13(9-7-12)20(21)22/h6-9,11H,10H2,1-5H3/t11-/m1/s1. The monoisotopic (exact) mass is 318 g/mol. The van der Waals surface area contributed by atoms with E-state index in [1.54, 1.807) is 12.1 Å². The number of nitro benzene ring substituents is 1. The van der Waals surface area contributed by atoms with Crippen molar-refractivity contribution in [2.24, 2.45) is 5.41 Å². The van der Waals surface area contributed by atoms with Crippen molar-refractivity contribution in [3.63, 3.8) is 0 Å². The lowest BCUT2D eigenvalue weighted by molar-refractivity contribution is -0.384. The zero-order chi connectivity index (χ0) is 17.2. The predicted molar refractivity (Wildman–Crippen MR) is 86.8 cm³/mol. The molecule has 0 amide bonds. The molecule has 0 spiro atoms. The molecular formula is C16H22N4O3. The minimum Gasteiger partial charge on any atom is -0.338 e. The summed E-state index contributed by atoms with van der Waals surface area (Å²) >= 11 is 0. The second-order valence-electron chi connectivity index (χ2n) is 6.77. The van der Waals surface area contributed by atoms with Gasteiger partial charge in [0.15, 0.2) is 0 Å². The van der Waals surface area contributed by atoms with Gasteiger partial charge in [0.25, 0.3) is 5.69 Å². The molecule has 0 saturated carbocycles. The Balaban J connectivity index is 2.10. The summed E-state index contributed by atoms with van der Waals surface area (Å²) in [6.07, 6.45) is 0. The fourth-order valence-corrected chi connectivity index (χ4v) is 2.18. The van der Waals surface area contributed by atoms with Crippen LogP contribution in [0.15, 0.2) is 28.8 Å². The summed E-state index contributed by atoms with van der Waals surface area (Å²) in [6, 6.07) is 6.44. The summed E-state index contributed by atoms with van der Waals surface area (Å²) in [4.78, 5) is 16.8. The number of nitrogens with zero attached hydrogens (tertiary/aromatic N) is 4. The van der Waals surface area contributed by atoms with Gasteiger partial charge in [-0.25, -0.2) is 0 Å². The van der Waals surface area contributed by atoms with Gasteiger partial charge in [-0.15, -0.1) is 0 Å². The van der Waals surface area contributed by atoms with Gasteiger partial charge in [-0.05, 0) is 31.5 Å². The third-order valence-electron chi connectivity index (χ3n) is 4.10. The van der Waals surface area contributed by atoms with Gasteiger partial charge in [-0.1, -0.05) is 25.9 Å². The molecule has 7 nitrogen and oxygen atoms in total. The summed E-state index contributed by atoms with van der Waals surface area (Å²) in [6.45, 7) is 9.27. The number of hydrogen-bond donors (Lipinski definition) is 0. The quantitative estimate of drug-likeness (QED) is 0.619. The van der Waals surface area contributed by atoms with Crippen molar-refractivity contribution in [1.29, 1.82) is 0 Å². The van der Waals surface area contributed by atoms with E-state index in [0.717, 1.165) is 0 Å². The Morgan fingerprint density at radius 3 is 2.43 bits per heavy atom. The predicted octanol–water partition coefficient (Wildman–Crippen LogP) is 3.51. The lowest BCUT2D eigenvalue weighted by Gasteiger charge is -2.34. The second-order valence-corrected chi connectivity index (χ2v) is 6.77. The molecule has 0 radical (unpaired) electrons. The molecular weight excluding hydrogens is 296 g/mol. The van der Waals surface area contributed by atoms with Crippen molar-refractivity contribution in [2.45, 2.75) is 40.3 Å². The van der Waals surface area contributed by atoms with E-state index in [0.29, 0.717) is 29.9 Å². The Kier molecular flexibility index (Phi) is 4.79. The van der Waals surface area contributed by atoms with Crippen LogP contribution in [0, 0.1) is 15.5 Å². The van der Waals surface area contributed by atoms with Crippen molar-refractivity contribution in [3.8, 4) is 11.4 Å². The van der Waals surface area contributed by atoms with E-state index >= 15 is 0 Å². The van der Waals surface area contributed by atoms with Gasteiger partial charge in [0.05, 0.1) is 11.5 Å². The highest BCUT2D eigenvalue weighted by atomic mass is 16.6. The highest BCUT2D eigenvalue weighted by molar-refractivity contribution is 5.56. The van der Waals surface area contributed by atoms with Crippen LogP contribution in [0.2, 0.25) is 0 Å². The van der Waals surface area contributed by atoms with Gasteiger partial charge in [0.1, 0.15) is 0 Å². The maximum Gasteiger partial charge on any atom is 0.269 e. The molecule has 2 rings (SSSR count). The number of rotatable bonds is 5. The van der Waals surface area contributed by atoms with Crippen LogP contribution >= 0.6 is 0 Å². The smallest absolute Gasteiger partial charge is 0.269 e. The van der Waals surface area contributed by atoms with Crippen LogP contribution in [0.1, 0.15) is 33.6 Å². The van der Waals surface area contributed by atoms with Gasteiger partial charge >= 0.3 is 0 Å². The van der Waals surface area contributed by atoms with Crippen molar-refractivity contribution in [1.82, 2.24) is 15.0 Å². The molecule has 1 aromatic carbocycles. The Labute approximate surface area is 135 Å². The van der Waals surface area contributed by atoms with E-state index in [4.69, 9.17) is 4.52 Å². The third-order valence-corrected chi connectivity index (χ3v) is 4.10. The fraction of sp³-hybridized carbons (Fsp3) is 0.500. The highest BCUT2D eigenvalue weighted by Gasteiger charge is 2.25. The summed E-state index contributed by atoms with van der Waals surface area (Å²) < 4.78 is 5.29. The number of nitro groups is 1. The van der Waals surface area contributed by atoms with E-state index in [9.17, 15) is 10.1 Å². The first-order valence-corrected chi connectivity index (χ1v) is 7.46. The van der Waals surface area contributed by atoms with Gasteiger partial charge in [0, 0.05) is 23.7 Å². The Morgan fingerprint density at radius 1 is 1.30 bits per heavy atom. The molecule has 0 N–H and O–H groups in total. The molecule has 0 saturated heterocycles.